The van der Waals surface area contributed by atoms with Crippen LogP contribution >= 0.6 is 0 Å². The predicted octanol–water partition coefficient (Wildman–Crippen LogP) is 5.21. The lowest BCUT2D eigenvalue weighted by atomic mass is 9.88. The minimum absolute atomic E-state index is 0.0858. The van der Waals surface area contributed by atoms with Crippen LogP contribution in [0.3, 0.4) is 0 Å². The molecule has 210 valence electrons. The zero-order valence-corrected chi connectivity index (χ0v) is 23.2. The fourth-order valence-corrected chi connectivity index (χ4v) is 4.59. The van der Waals surface area contributed by atoms with Gasteiger partial charge < -0.3 is 24.6 Å². The minimum atomic E-state index is -1.11. The van der Waals surface area contributed by atoms with Crippen LogP contribution in [0.2, 0.25) is 0 Å². The van der Waals surface area contributed by atoms with Gasteiger partial charge in [0.15, 0.2) is 5.54 Å². The van der Waals surface area contributed by atoms with E-state index in [-0.39, 0.29) is 12.5 Å². The van der Waals surface area contributed by atoms with Crippen molar-refractivity contribution in [3.63, 3.8) is 0 Å². The largest absolute Gasteiger partial charge is 0.494 e. The van der Waals surface area contributed by atoms with E-state index in [1.165, 1.54) is 0 Å². The molecule has 4 rings (SSSR count). The first-order chi connectivity index (χ1) is 19.6. The molecule has 2 N–H and O–H groups in total. The van der Waals surface area contributed by atoms with Crippen LogP contribution in [0.15, 0.2) is 89.9 Å². The molecule has 0 radical (unpaired) electrons. The summed E-state index contributed by atoms with van der Waals surface area (Å²) in [5.41, 5.74) is 1.76. The molecule has 1 aliphatic heterocycles. The number of carbonyl (C=O) groups is 1. The van der Waals surface area contributed by atoms with Crippen molar-refractivity contribution in [3.8, 4) is 11.5 Å². The number of carbonyl (C=O) groups excluding carboxylic acids is 1. The number of hydrogen-bond donors (Lipinski definition) is 2. The molecule has 2 atom stereocenters. The topological polar surface area (TPSA) is 89.4 Å². The van der Waals surface area contributed by atoms with Gasteiger partial charge in [-0.15, -0.1) is 0 Å². The quantitative estimate of drug-likeness (QED) is 0.273. The summed E-state index contributed by atoms with van der Waals surface area (Å²) >= 11 is 0. The monoisotopic (exact) mass is 542 g/mol. The average Bonchev–Trinajstić information content (AvgIpc) is 3.32. The third-order valence-corrected chi connectivity index (χ3v) is 6.82. The van der Waals surface area contributed by atoms with Crippen molar-refractivity contribution >= 4 is 17.9 Å². The van der Waals surface area contributed by atoms with Crippen LogP contribution in [-0.4, -0.2) is 54.9 Å². The van der Waals surface area contributed by atoms with Gasteiger partial charge in [-0.3, -0.25) is 4.79 Å². The number of aliphatic imine (C=N–C) groups is 1. The van der Waals surface area contributed by atoms with E-state index >= 15 is 0 Å². The smallest absolute Gasteiger partial charge is 0.252 e. The Morgan fingerprint density at radius 3 is 2.55 bits per heavy atom. The Hall–Kier alpha value is -4.10. The summed E-state index contributed by atoms with van der Waals surface area (Å²) in [6.45, 7) is 5.41. The number of ether oxygens (including phenoxy) is 3. The number of benzene rings is 3. The number of aliphatic hydroxyl groups is 1. The summed E-state index contributed by atoms with van der Waals surface area (Å²) in [5, 5.41) is 12.1. The van der Waals surface area contributed by atoms with Crippen LogP contribution in [0, 0.1) is 0 Å². The third-order valence-electron chi connectivity index (χ3n) is 6.82. The van der Waals surface area contributed by atoms with Crippen molar-refractivity contribution < 1.29 is 24.1 Å². The van der Waals surface area contributed by atoms with Gasteiger partial charge in [0.05, 0.1) is 13.2 Å². The minimum Gasteiger partial charge on any atom is -0.494 e. The SMILES string of the molecule is CCOc1ccccc1CCNC(=O)[C@]1(C/C=C/c2ccccc2)N=C(c2ccc(OCCCO)cc2)O[C@@H]1C. The number of amides is 1. The molecule has 0 saturated carbocycles. The fraction of sp³-hybridized carbons (Fsp3) is 0.333. The molecule has 3 aromatic carbocycles. The summed E-state index contributed by atoms with van der Waals surface area (Å²) < 4.78 is 17.6. The van der Waals surface area contributed by atoms with Gasteiger partial charge in [0.2, 0.25) is 5.90 Å². The van der Waals surface area contributed by atoms with Crippen LogP contribution in [-0.2, 0) is 16.0 Å². The standard InChI is InChI=1S/C33H38N2O5/c1-3-38-30-15-8-7-14-27(30)20-22-34-32(37)33(21-9-13-26-11-5-4-6-12-26)25(2)40-31(35-33)28-16-18-29(19-17-28)39-24-10-23-36/h4-9,11-19,25,36H,3,10,20-24H2,1-2H3,(H,34,37)/b13-9+/t25-,33-/m1/s1. The molecule has 1 heterocycles. The molecule has 0 aromatic heterocycles. The van der Waals surface area contributed by atoms with Gasteiger partial charge in [0, 0.05) is 31.6 Å². The molecule has 1 aliphatic rings. The predicted molar refractivity (Wildman–Crippen MR) is 158 cm³/mol. The highest BCUT2D eigenvalue weighted by Gasteiger charge is 2.49. The molecule has 0 unspecified atom stereocenters. The highest BCUT2D eigenvalue weighted by molar-refractivity contribution is 6.00. The van der Waals surface area contributed by atoms with Crippen LogP contribution in [0.5, 0.6) is 11.5 Å². The summed E-state index contributed by atoms with van der Waals surface area (Å²) in [6, 6.07) is 25.3. The first-order valence-corrected chi connectivity index (χ1v) is 13.9. The average molecular weight is 543 g/mol. The molecule has 0 saturated heterocycles. The van der Waals surface area contributed by atoms with Crippen molar-refractivity contribution in [2.24, 2.45) is 4.99 Å². The highest BCUT2D eigenvalue weighted by atomic mass is 16.5. The Kier molecular flexibility index (Phi) is 10.4. The van der Waals surface area contributed by atoms with Crippen LogP contribution in [0.1, 0.15) is 43.4 Å². The molecule has 7 heteroatoms. The Morgan fingerprint density at radius 2 is 1.80 bits per heavy atom. The van der Waals surface area contributed by atoms with Gasteiger partial charge in [-0.05, 0) is 61.7 Å². The molecule has 3 aromatic rings. The summed E-state index contributed by atoms with van der Waals surface area (Å²) in [4.78, 5) is 18.7. The van der Waals surface area contributed by atoms with E-state index < -0.39 is 11.6 Å². The summed E-state index contributed by atoms with van der Waals surface area (Å²) in [6.07, 6.45) is 5.12. The van der Waals surface area contributed by atoms with E-state index in [0.29, 0.717) is 50.7 Å². The normalized spacial score (nSPS) is 18.3. The molecule has 0 fully saturated rings. The lowest BCUT2D eigenvalue weighted by molar-refractivity contribution is -0.128. The highest BCUT2D eigenvalue weighted by Crippen LogP contribution is 2.33. The van der Waals surface area contributed by atoms with Crippen molar-refractivity contribution in [1.82, 2.24) is 5.32 Å². The Bertz CT molecular complexity index is 1290. The van der Waals surface area contributed by atoms with E-state index in [2.05, 4.69) is 5.32 Å². The van der Waals surface area contributed by atoms with Gasteiger partial charge in [0.1, 0.15) is 17.6 Å². The van der Waals surface area contributed by atoms with Gasteiger partial charge in [0.25, 0.3) is 5.91 Å². The number of hydrogen-bond acceptors (Lipinski definition) is 6. The Balaban J connectivity index is 1.53. The molecule has 0 bridgehead atoms. The van der Waals surface area contributed by atoms with E-state index in [0.717, 1.165) is 22.4 Å². The summed E-state index contributed by atoms with van der Waals surface area (Å²) in [7, 11) is 0. The van der Waals surface area contributed by atoms with Gasteiger partial charge >= 0.3 is 0 Å². The van der Waals surface area contributed by atoms with Crippen LogP contribution in [0.25, 0.3) is 6.08 Å². The second kappa shape index (κ2) is 14.3. The maximum Gasteiger partial charge on any atom is 0.252 e. The number of nitrogens with one attached hydrogen (secondary N) is 1. The lowest BCUT2D eigenvalue weighted by Gasteiger charge is -2.27. The molecule has 0 spiro atoms. The molecule has 1 amide bonds. The zero-order valence-electron chi connectivity index (χ0n) is 23.2. The van der Waals surface area contributed by atoms with Crippen molar-refractivity contribution in [1.29, 1.82) is 0 Å². The Labute approximate surface area is 236 Å². The second-order valence-electron chi connectivity index (χ2n) is 9.62. The van der Waals surface area contributed by atoms with Gasteiger partial charge in [-0.25, -0.2) is 4.99 Å². The van der Waals surface area contributed by atoms with E-state index in [4.69, 9.17) is 24.3 Å². The van der Waals surface area contributed by atoms with Crippen molar-refractivity contribution in [2.75, 3.05) is 26.4 Å². The first kappa shape index (κ1) is 28.9. The van der Waals surface area contributed by atoms with Crippen molar-refractivity contribution in [3.05, 3.63) is 102 Å². The van der Waals surface area contributed by atoms with Gasteiger partial charge in [-0.2, -0.15) is 0 Å². The number of para-hydroxylation sites is 1. The van der Waals surface area contributed by atoms with E-state index in [1.807, 2.05) is 105 Å². The van der Waals surface area contributed by atoms with Gasteiger partial charge in [-0.1, -0.05) is 60.7 Å². The molecular weight excluding hydrogens is 504 g/mol. The maximum absolute atomic E-state index is 13.8. The van der Waals surface area contributed by atoms with E-state index in [9.17, 15) is 4.79 Å². The molecule has 7 nitrogen and oxygen atoms in total. The zero-order chi connectivity index (χ0) is 28.2. The molecule has 0 aliphatic carbocycles. The Morgan fingerprint density at radius 1 is 1.05 bits per heavy atom. The fourth-order valence-electron chi connectivity index (χ4n) is 4.59. The number of rotatable bonds is 14. The number of nitrogens with zero attached hydrogens (tertiary/aromatic N) is 1. The van der Waals surface area contributed by atoms with E-state index in [1.54, 1.807) is 0 Å². The maximum atomic E-state index is 13.8. The second-order valence-corrected chi connectivity index (χ2v) is 9.62. The van der Waals surface area contributed by atoms with Crippen molar-refractivity contribution in [2.45, 2.75) is 44.8 Å². The molecular formula is C33H38N2O5. The van der Waals surface area contributed by atoms with Crippen LogP contribution < -0.4 is 14.8 Å². The lowest BCUT2D eigenvalue weighted by Crippen LogP contribution is -2.51. The number of aliphatic hydroxyl groups excluding tert-OH is 1. The molecule has 40 heavy (non-hydrogen) atoms. The summed E-state index contributed by atoms with van der Waals surface area (Å²) in [5.74, 6) is 1.79. The third kappa shape index (κ3) is 7.30. The first-order valence-electron chi connectivity index (χ1n) is 13.9. The van der Waals surface area contributed by atoms with Crippen LogP contribution in [0.4, 0.5) is 0 Å².